The Balaban J connectivity index is 1.50. The lowest BCUT2D eigenvalue weighted by Gasteiger charge is -2.53. The van der Waals surface area contributed by atoms with E-state index in [0.717, 1.165) is 29.5 Å². The van der Waals surface area contributed by atoms with E-state index < -0.39 is 0 Å². The molecular formula is C24H39N3. The molecule has 3 fully saturated rings. The second kappa shape index (κ2) is 8.86. The van der Waals surface area contributed by atoms with E-state index in [9.17, 15) is 0 Å². The highest BCUT2D eigenvalue weighted by Gasteiger charge is 2.41. The van der Waals surface area contributed by atoms with Crippen molar-refractivity contribution in [3.63, 3.8) is 0 Å². The minimum atomic E-state index is 0.597. The normalized spacial score (nSPS) is 31.5. The van der Waals surface area contributed by atoms with Crippen molar-refractivity contribution >= 4 is 11.4 Å². The third-order valence-electron chi connectivity index (χ3n) is 7.64. The van der Waals surface area contributed by atoms with Crippen LogP contribution < -0.4 is 11.5 Å². The van der Waals surface area contributed by atoms with E-state index >= 15 is 0 Å². The molecule has 1 aliphatic carbocycles. The second-order valence-electron chi connectivity index (χ2n) is 9.41. The number of benzene rings is 1. The fourth-order valence-corrected chi connectivity index (χ4v) is 6.31. The van der Waals surface area contributed by atoms with Crippen LogP contribution in [0.4, 0.5) is 11.4 Å². The summed E-state index contributed by atoms with van der Waals surface area (Å²) < 4.78 is 0. The molecule has 2 heterocycles. The van der Waals surface area contributed by atoms with Crippen LogP contribution in [-0.4, -0.2) is 23.0 Å². The summed E-state index contributed by atoms with van der Waals surface area (Å²) in [5, 5.41) is 0. The largest absolute Gasteiger partial charge is 0.397 e. The molecule has 2 bridgehead atoms. The lowest BCUT2D eigenvalue weighted by atomic mass is 9.74. The predicted molar refractivity (Wildman–Crippen MR) is 116 cm³/mol. The first-order valence-electron chi connectivity index (χ1n) is 11.7. The van der Waals surface area contributed by atoms with Crippen molar-refractivity contribution in [1.82, 2.24) is 4.90 Å². The third kappa shape index (κ3) is 4.29. The zero-order valence-corrected chi connectivity index (χ0v) is 17.0. The van der Waals surface area contributed by atoms with Crippen LogP contribution in [0.1, 0.15) is 101 Å². The summed E-state index contributed by atoms with van der Waals surface area (Å²) in [7, 11) is 0. The Morgan fingerprint density at radius 2 is 1.22 bits per heavy atom. The van der Waals surface area contributed by atoms with Crippen molar-refractivity contribution in [3.05, 3.63) is 23.8 Å². The first kappa shape index (κ1) is 19.1. The fourth-order valence-electron chi connectivity index (χ4n) is 6.31. The Bertz CT molecular complexity index is 590. The van der Waals surface area contributed by atoms with Crippen molar-refractivity contribution in [3.8, 4) is 0 Å². The van der Waals surface area contributed by atoms with Gasteiger partial charge in [0.1, 0.15) is 0 Å². The van der Waals surface area contributed by atoms with Crippen molar-refractivity contribution in [1.29, 1.82) is 0 Å². The quantitative estimate of drug-likeness (QED) is 0.643. The number of anilines is 2. The number of nitrogens with zero attached hydrogens (tertiary/aromatic N) is 1. The molecule has 1 aromatic carbocycles. The Hall–Kier alpha value is -1.22. The third-order valence-corrected chi connectivity index (χ3v) is 7.64. The van der Waals surface area contributed by atoms with Gasteiger partial charge in [-0.1, -0.05) is 63.5 Å². The maximum Gasteiger partial charge on any atom is 0.0583 e. The molecule has 3 nitrogen and oxygen atoms in total. The molecule has 4 N–H and O–H groups in total. The molecule has 2 saturated heterocycles. The van der Waals surface area contributed by atoms with Crippen LogP contribution in [0, 0.1) is 0 Å². The lowest BCUT2D eigenvalue weighted by molar-refractivity contribution is -0.0139. The molecule has 1 saturated carbocycles. The first-order valence-corrected chi connectivity index (χ1v) is 11.7. The van der Waals surface area contributed by atoms with Crippen molar-refractivity contribution in [2.75, 3.05) is 11.5 Å². The van der Waals surface area contributed by atoms with Gasteiger partial charge in [0.25, 0.3) is 0 Å². The van der Waals surface area contributed by atoms with E-state index in [4.69, 9.17) is 11.5 Å². The zero-order chi connectivity index (χ0) is 18.6. The molecular weight excluding hydrogens is 330 g/mol. The SMILES string of the molecule is Nc1cccc(C2CC3CCC[C@@H](C2)N3C2CCCCCCCCC2)c1N. The van der Waals surface area contributed by atoms with Crippen LogP contribution >= 0.6 is 0 Å². The summed E-state index contributed by atoms with van der Waals surface area (Å²) in [6.45, 7) is 0. The lowest BCUT2D eigenvalue weighted by Crippen LogP contribution is -2.56. The van der Waals surface area contributed by atoms with Crippen LogP contribution in [0.25, 0.3) is 0 Å². The van der Waals surface area contributed by atoms with E-state index in [1.807, 2.05) is 6.07 Å². The molecule has 3 heteroatoms. The number of rotatable bonds is 2. The fraction of sp³-hybridized carbons (Fsp3) is 0.750. The molecule has 2 unspecified atom stereocenters. The molecule has 27 heavy (non-hydrogen) atoms. The van der Waals surface area contributed by atoms with E-state index in [1.54, 1.807) is 0 Å². The van der Waals surface area contributed by atoms with E-state index in [-0.39, 0.29) is 0 Å². The van der Waals surface area contributed by atoms with Gasteiger partial charge in [-0.15, -0.1) is 0 Å². The standard InChI is InChI=1S/C24H39N3/c25-23-15-9-14-22(24(23)26)18-16-20-12-8-13-21(17-18)27(20)19-10-6-4-2-1-3-5-7-11-19/h9,14-15,18-21H,1-8,10-13,16-17,25-26H2/t18?,20-,21?/m0/s1. The highest BCUT2D eigenvalue weighted by atomic mass is 15.2. The summed E-state index contributed by atoms with van der Waals surface area (Å²) in [6.07, 6.45) is 19.7. The highest BCUT2D eigenvalue weighted by Crippen LogP contribution is 2.45. The molecule has 0 radical (unpaired) electrons. The summed E-state index contributed by atoms with van der Waals surface area (Å²) in [4.78, 5) is 3.00. The number of nitrogen functional groups attached to an aromatic ring is 2. The number of para-hydroxylation sites is 1. The van der Waals surface area contributed by atoms with Crippen LogP contribution in [-0.2, 0) is 0 Å². The van der Waals surface area contributed by atoms with Gasteiger partial charge < -0.3 is 11.5 Å². The number of nitrogens with two attached hydrogens (primary N) is 2. The van der Waals surface area contributed by atoms with E-state index in [2.05, 4.69) is 17.0 Å². The van der Waals surface area contributed by atoms with Crippen LogP contribution in [0.3, 0.4) is 0 Å². The molecule has 0 amide bonds. The van der Waals surface area contributed by atoms with Gasteiger partial charge in [-0.2, -0.15) is 0 Å². The molecule has 150 valence electrons. The summed E-state index contributed by atoms with van der Waals surface area (Å²) in [5.41, 5.74) is 15.4. The zero-order valence-electron chi connectivity index (χ0n) is 17.0. The Morgan fingerprint density at radius 1 is 0.667 bits per heavy atom. The Morgan fingerprint density at radius 3 is 1.85 bits per heavy atom. The van der Waals surface area contributed by atoms with Crippen LogP contribution in [0.2, 0.25) is 0 Å². The Labute approximate surface area is 165 Å². The molecule has 1 aromatic rings. The second-order valence-corrected chi connectivity index (χ2v) is 9.41. The van der Waals surface area contributed by atoms with Crippen molar-refractivity contribution in [2.24, 2.45) is 0 Å². The molecule has 3 atom stereocenters. The molecule has 0 spiro atoms. The van der Waals surface area contributed by atoms with E-state index in [0.29, 0.717) is 5.92 Å². The minimum Gasteiger partial charge on any atom is -0.397 e. The van der Waals surface area contributed by atoms with Crippen LogP contribution in [0.5, 0.6) is 0 Å². The van der Waals surface area contributed by atoms with Crippen molar-refractivity contribution in [2.45, 2.75) is 114 Å². The Kier molecular flexibility index (Phi) is 6.27. The van der Waals surface area contributed by atoms with Crippen molar-refractivity contribution < 1.29 is 0 Å². The summed E-state index contributed by atoms with van der Waals surface area (Å²) >= 11 is 0. The molecule has 4 rings (SSSR count). The smallest absolute Gasteiger partial charge is 0.0583 e. The molecule has 2 aliphatic heterocycles. The number of fused-ring (bicyclic) bond motifs is 2. The van der Waals surface area contributed by atoms with Crippen LogP contribution in [0.15, 0.2) is 18.2 Å². The number of piperidine rings is 2. The first-order chi connectivity index (χ1) is 13.2. The minimum absolute atomic E-state index is 0.597. The summed E-state index contributed by atoms with van der Waals surface area (Å²) in [5.74, 6) is 0.597. The molecule has 0 aromatic heterocycles. The van der Waals surface area contributed by atoms with Gasteiger partial charge in [-0.25, -0.2) is 0 Å². The number of hydrogen-bond acceptors (Lipinski definition) is 3. The van der Waals surface area contributed by atoms with Gasteiger partial charge in [-0.05, 0) is 56.1 Å². The highest BCUT2D eigenvalue weighted by molar-refractivity contribution is 5.68. The average molecular weight is 370 g/mol. The van der Waals surface area contributed by atoms with Gasteiger partial charge in [0, 0.05) is 18.1 Å². The van der Waals surface area contributed by atoms with Gasteiger partial charge in [0.05, 0.1) is 11.4 Å². The van der Waals surface area contributed by atoms with Gasteiger partial charge >= 0.3 is 0 Å². The number of hydrogen-bond donors (Lipinski definition) is 2. The maximum atomic E-state index is 6.37. The van der Waals surface area contributed by atoms with Gasteiger partial charge in [0.2, 0.25) is 0 Å². The monoisotopic (exact) mass is 369 g/mol. The van der Waals surface area contributed by atoms with Gasteiger partial charge in [-0.3, -0.25) is 4.90 Å². The predicted octanol–water partition coefficient (Wildman–Crippen LogP) is 5.84. The average Bonchev–Trinajstić information content (AvgIpc) is 2.67. The topological polar surface area (TPSA) is 55.3 Å². The maximum absolute atomic E-state index is 6.37. The van der Waals surface area contributed by atoms with Gasteiger partial charge in [0.15, 0.2) is 0 Å². The summed E-state index contributed by atoms with van der Waals surface area (Å²) in [6, 6.07) is 8.61. The molecule has 3 aliphatic rings. The van der Waals surface area contributed by atoms with E-state index in [1.165, 1.54) is 95.5 Å².